The monoisotopic (exact) mass is 737 g/mol. The Morgan fingerprint density at radius 1 is 0.804 bits per heavy atom. The second kappa shape index (κ2) is 20.9. The predicted octanol–water partition coefficient (Wildman–Crippen LogP) is 0.284. The van der Waals surface area contributed by atoms with Crippen molar-refractivity contribution in [2.24, 2.45) is 0 Å². The molecule has 1 aromatic carbocycles. The summed E-state index contributed by atoms with van der Waals surface area (Å²) >= 11 is 1.86. The molecule has 0 aromatic heterocycles. The van der Waals surface area contributed by atoms with Gasteiger partial charge in [0, 0.05) is 48.8 Å². The number of carbonyl (C=O) groups excluding carboxylic acids is 3. The summed E-state index contributed by atoms with van der Waals surface area (Å²) in [5, 5.41) is 51.8. The number of carbonyl (C=O) groups is 7. The topological polar surface area (TPSA) is 267 Å². The summed E-state index contributed by atoms with van der Waals surface area (Å²) in [4.78, 5) is 83.9. The number of nitrogens with one attached hydrogen (secondary N) is 5. The van der Waals surface area contributed by atoms with Gasteiger partial charge in [0.05, 0.1) is 38.3 Å². The lowest BCUT2D eigenvalue weighted by atomic mass is 10.0. The van der Waals surface area contributed by atoms with Gasteiger partial charge in [-0.1, -0.05) is 18.6 Å². The van der Waals surface area contributed by atoms with Gasteiger partial charge >= 0.3 is 35.9 Å². The first-order chi connectivity index (χ1) is 24.3. The van der Waals surface area contributed by atoms with E-state index >= 15 is 0 Å². The fourth-order valence-electron chi connectivity index (χ4n) is 6.05. The maximum absolute atomic E-state index is 12.4. The molecule has 0 spiro atoms. The fourth-order valence-corrected chi connectivity index (χ4v) is 7.59. The number of hydrogen-bond acceptors (Lipinski definition) is 10. The highest BCUT2D eigenvalue weighted by molar-refractivity contribution is 8.00. The first kappa shape index (κ1) is 40.8. The second-order valence-electron chi connectivity index (χ2n) is 12.5. The van der Waals surface area contributed by atoms with Crippen molar-refractivity contribution < 1.29 is 54.0 Å². The van der Waals surface area contributed by atoms with E-state index in [1.807, 2.05) is 11.8 Å². The molecule has 4 atom stereocenters. The Morgan fingerprint density at radius 3 is 2.02 bits per heavy atom. The molecule has 1 aromatic rings. The van der Waals surface area contributed by atoms with Crippen LogP contribution in [0.25, 0.3) is 0 Å². The van der Waals surface area contributed by atoms with E-state index in [-0.39, 0.29) is 37.0 Å². The Hall–Kier alpha value is -4.62. The average Bonchev–Trinajstić information content (AvgIpc) is 3.59. The van der Waals surface area contributed by atoms with Gasteiger partial charge in [-0.15, -0.1) is 0 Å². The summed E-state index contributed by atoms with van der Waals surface area (Å²) < 4.78 is 0. The number of urea groups is 2. The summed E-state index contributed by atoms with van der Waals surface area (Å²) in [6.45, 7) is -1.99. The smallest absolute Gasteiger partial charge is 0.319 e. The van der Waals surface area contributed by atoms with Crippen molar-refractivity contribution in [3.63, 3.8) is 0 Å². The number of rotatable bonds is 24. The molecule has 0 saturated carbocycles. The Kier molecular flexibility index (Phi) is 16.7. The number of benzene rings is 1. The lowest BCUT2D eigenvalue weighted by Gasteiger charge is -2.33. The van der Waals surface area contributed by atoms with Gasteiger partial charge in [-0.3, -0.25) is 33.8 Å². The molecule has 2 aliphatic rings. The third-order valence-corrected chi connectivity index (χ3v) is 9.86. The molecule has 0 bridgehead atoms. The van der Waals surface area contributed by atoms with Crippen molar-refractivity contribution in [3.05, 3.63) is 29.8 Å². The third kappa shape index (κ3) is 15.4. The quantitative estimate of drug-likeness (QED) is 0.0510. The summed E-state index contributed by atoms with van der Waals surface area (Å²) in [5.74, 6) is -4.31. The molecule has 9 N–H and O–H groups in total. The molecule has 5 amide bonds. The summed E-state index contributed by atoms with van der Waals surface area (Å²) in [6.07, 6.45) is 4.45. The number of carboxylic acids is 4. The SMILES string of the molecule is O=C(O)CN(CC(=O)O)CC(Cc1ccc(NC(=O)NCCCCNC(=O)CCCC[C@@H]2SC[C@@H]3NC(=O)N[C@@H]32)cc1)N(CC(=O)O)CC(=O)O. The zero-order valence-corrected chi connectivity index (χ0v) is 29.0. The van der Waals surface area contributed by atoms with Crippen LogP contribution in [0.3, 0.4) is 0 Å². The number of nitrogens with zero attached hydrogens (tertiary/aromatic N) is 2. The van der Waals surface area contributed by atoms with Gasteiger partial charge in [-0.2, -0.15) is 11.8 Å². The average molecular weight is 738 g/mol. The highest BCUT2D eigenvalue weighted by Gasteiger charge is 2.42. The predicted molar refractivity (Wildman–Crippen MR) is 186 cm³/mol. The Bertz CT molecular complexity index is 1350. The number of anilines is 1. The molecule has 19 heteroatoms. The van der Waals surface area contributed by atoms with Gasteiger partial charge < -0.3 is 47.0 Å². The van der Waals surface area contributed by atoms with Gasteiger partial charge in [-0.05, 0) is 49.8 Å². The van der Waals surface area contributed by atoms with Crippen LogP contribution >= 0.6 is 11.8 Å². The molecular formula is C32H47N7O11S. The highest BCUT2D eigenvalue weighted by atomic mass is 32.2. The van der Waals surface area contributed by atoms with E-state index in [0.717, 1.165) is 34.8 Å². The van der Waals surface area contributed by atoms with Crippen LogP contribution in [-0.2, 0) is 30.4 Å². The minimum atomic E-state index is -1.31. The van der Waals surface area contributed by atoms with Gasteiger partial charge in [-0.25, -0.2) is 9.59 Å². The van der Waals surface area contributed by atoms with Gasteiger partial charge in [0.1, 0.15) is 0 Å². The van der Waals surface area contributed by atoms with E-state index in [2.05, 4.69) is 26.6 Å². The molecule has 2 saturated heterocycles. The lowest BCUT2D eigenvalue weighted by molar-refractivity contribution is -0.146. The molecule has 0 aliphatic carbocycles. The molecule has 3 rings (SSSR count). The number of unbranched alkanes of at least 4 members (excludes halogenated alkanes) is 2. The maximum atomic E-state index is 12.4. The summed E-state index contributed by atoms with van der Waals surface area (Å²) in [5.41, 5.74) is 1.06. The van der Waals surface area contributed by atoms with Gasteiger partial charge in [0.2, 0.25) is 5.91 Å². The zero-order chi connectivity index (χ0) is 37.3. The van der Waals surface area contributed by atoms with E-state index < -0.39 is 62.1 Å². The Labute approximate surface area is 299 Å². The Morgan fingerprint density at radius 2 is 1.41 bits per heavy atom. The Balaban J connectivity index is 1.37. The molecule has 282 valence electrons. The van der Waals surface area contributed by atoms with Crippen molar-refractivity contribution in [2.45, 2.75) is 68.3 Å². The standard InChI is InChI=1S/C32H47N7O11S/c40-25(6-2-1-5-24-30-23(19-51-24)36-32(50)37-30)33-11-3-4-12-34-31(49)35-21-9-7-20(8-10-21)13-22(39(17-28(45)46)18-29(47)48)14-38(15-26(41)42)16-27(43)44/h7-10,22-24,30H,1-6,11-19H2,(H,33,40)(H,41,42)(H,43,44)(H,45,46)(H,47,48)(H2,34,35,49)(H2,36,37,50)/t22?,23-,24-,30-/m0/s1. The number of aliphatic carboxylic acids is 4. The summed E-state index contributed by atoms with van der Waals surface area (Å²) in [6, 6.07) is 5.41. The lowest BCUT2D eigenvalue weighted by Crippen LogP contribution is -2.50. The van der Waals surface area contributed by atoms with Crippen molar-refractivity contribution in [2.75, 3.05) is 56.9 Å². The number of carboxylic acid groups (broad SMARTS) is 4. The summed E-state index contributed by atoms with van der Waals surface area (Å²) in [7, 11) is 0. The van der Waals surface area contributed by atoms with E-state index in [1.54, 1.807) is 24.3 Å². The molecule has 2 aliphatic heterocycles. The molecule has 1 unspecified atom stereocenters. The second-order valence-corrected chi connectivity index (χ2v) is 13.8. The van der Waals surface area contributed by atoms with Gasteiger partial charge in [0.15, 0.2) is 0 Å². The van der Waals surface area contributed by atoms with Crippen LogP contribution in [0.1, 0.15) is 44.1 Å². The van der Waals surface area contributed by atoms with Crippen molar-refractivity contribution in [1.29, 1.82) is 0 Å². The first-order valence-electron chi connectivity index (χ1n) is 16.7. The fraction of sp³-hybridized carbons (Fsp3) is 0.594. The number of thioether (sulfide) groups is 1. The molecule has 0 radical (unpaired) electrons. The normalized spacial score (nSPS) is 18.4. The maximum Gasteiger partial charge on any atom is 0.319 e. The van der Waals surface area contributed by atoms with Gasteiger partial charge in [0.25, 0.3) is 0 Å². The molecular weight excluding hydrogens is 690 g/mol. The largest absolute Gasteiger partial charge is 0.480 e. The minimum Gasteiger partial charge on any atom is -0.480 e. The number of hydrogen-bond donors (Lipinski definition) is 9. The van der Waals surface area contributed by atoms with Crippen LogP contribution in [0, 0.1) is 0 Å². The van der Waals surface area contributed by atoms with Crippen LogP contribution in [0.15, 0.2) is 24.3 Å². The van der Waals surface area contributed by atoms with Crippen molar-refractivity contribution >= 4 is 59.3 Å². The van der Waals surface area contributed by atoms with E-state index in [1.165, 1.54) is 0 Å². The van der Waals surface area contributed by atoms with Crippen LogP contribution in [-0.4, -0.2) is 147 Å². The van der Waals surface area contributed by atoms with Crippen LogP contribution in [0.5, 0.6) is 0 Å². The molecule has 18 nitrogen and oxygen atoms in total. The number of amides is 5. The minimum absolute atomic E-state index is 0.0161. The van der Waals surface area contributed by atoms with Crippen LogP contribution in [0.4, 0.5) is 15.3 Å². The molecule has 2 fully saturated rings. The van der Waals surface area contributed by atoms with Crippen LogP contribution < -0.4 is 26.6 Å². The van der Waals surface area contributed by atoms with E-state index in [4.69, 9.17) is 0 Å². The van der Waals surface area contributed by atoms with Crippen molar-refractivity contribution in [3.8, 4) is 0 Å². The zero-order valence-electron chi connectivity index (χ0n) is 28.2. The third-order valence-electron chi connectivity index (χ3n) is 8.35. The van der Waals surface area contributed by atoms with E-state index in [0.29, 0.717) is 48.9 Å². The van der Waals surface area contributed by atoms with E-state index in [9.17, 15) is 54.0 Å². The highest BCUT2D eigenvalue weighted by Crippen LogP contribution is 2.33. The van der Waals surface area contributed by atoms with Crippen LogP contribution in [0.2, 0.25) is 0 Å². The number of fused-ring (bicyclic) bond motifs is 1. The molecule has 2 heterocycles. The molecule has 51 heavy (non-hydrogen) atoms. The first-order valence-corrected chi connectivity index (χ1v) is 17.8. The van der Waals surface area contributed by atoms with Crippen molar-refractivity contribution in [1.82, 2.24) is 31.1 Å².